The van der Waals surface area contributed by atoms with Crippen LogP contribution in [0, 0.1) is 12.8 Å². The van der Waals surface area contributed by atoms with Gasteiger partial charge in [-0.15, -0.1) is 0 Å². The van der Waals surface area contributed by atoms with Crippen molar-refractivity contribution in [3.05, 3.63) is 18.0 Å². The summed E-state index contributed by atoms with van der Waals surface area (Å²) >= 11 is 0. The third-order valence-corrected chi connectivity index (χ3v) is 3.07. The van der Waals surface area contributed by atoms with E-state index in [4.69, 9.17) is 5.73 Å². The molecule has 3 N–H and O–H groups in total. The topological polar surface area (TPSA) is 70.8 Å². The van der Waals surface area contributed by atoms with Crippen LogP contribution in [-0.4, -0.2) is 41.2 Å². The van der Waals surface area contributed by atoms with Crippen molar-refractivity contribution in [1.29, 1.82) is 0 Å². The number of nitrogen functional groups attached to an aromatic ring is 1. The Morgan fingerprint density at radius 1 is 1.23 bits per heavy atom. The van der Waals surface area contributed by atoms with Crippen molar-refractivity contribution in [2.24, 2.45) is 5.92 Å². The molecule has 0 amide bonds. The quantitative estimate of drug-likeness (QED) is 0.775. The number of hydrogen-bond donors (Lipinski definition) is 2. The third-order valence-electron chi connectivity index (χ3n) is 3.07. The van der Waals surface area contributed by atoms with Crippen LogP contribution in [0.3, 0.4) is 0 Å². The van der Waals surface area contributed by atoms with Crippen molar-refractivity contribution >= 4 is 16.7 Å². The summed E-state index contributed by atoms with van der Waals surface area (Å²) in [6, 6.07) is 1.83. The number of aryl methyl sites for hydroxylation is 1. The molecule has 1 aliphatic rings. The van der Waals surface area contributed by atoms with Crippen molar-refractivity contribution in [2.75, 3.05) is 26.9 Å². The highest BCUT2D eigenvalue weighted by atomic mass is 15.1. The van der Waals surface area contributed by atoms with Crippen LogP contribution in [-0.2, 0) is 0 Å². The first-order valence-electron chi connectivity index (χ1n) is 8.08. The minimum atomic E-state index is 0.536. The third kappa shape index (κ3) is 7.41. The number of H-pyrrole nitrogens is 1. The monoisotopic (exact) mass is 307 g/mol. The number of nitrogens with two attached hydrogens (primary N) is 1. The van der Waals surface area contributed by atoms with E-state index in [0.29, 0.717) is 5.82 Å². The van der Waals surface area contributed by atoms with Gasteiger partial charge in [0.1, 0.15) is 5.82 Å². The van der Waals surface area contributed by atoms with E-state index in [9.17, 15) is 0 Å². The molecule has 2 aromatic heterocycles. The molecular weight excluding hydrogens is 274 g/mol. The van der Waals surface area contributed by atoms with Gasteiger partial charge in [-0.25, -0.2) is 4.98 Å². The van der Waals surface area contributed by atoms with Crippen molar-refractivity contribution in [3.63, 3.8) is 0 Å². The summed E-state index contributed by atoms with van der Waals surface area (Å²) in [5.41, 5.74) is 7.46. The minimum absolute atomic E-state index is 0.536. The Kier molecular flexibility index (Phi) is 10.2. The molecule has 5 heteroatoms. The Bertz CT molecular complexity index is 512. The summed E-state index contributed by atoms with van der Waals surface area (Å²) in [6.45, 7) is 8.23. The number of aromatic nitrogens is 3. The van der Waals surface area contributed by atoms with E-state index in [1.165, 1.54) is 19.3 Å². The van der Waals surface area contributed by atoms with Gasteiger partial charge in [0.2, 0.25) is 0 Å². The maximum absolute atomic E-state index is 5.63. The minimum Gasteiger partial charge on any atom is -0.383 e. The van der Waals surface area contributed by atoms with Crippen LogP contribution in [0.5, 0.6) is 0 Å². The van der Waals surface area contributed by atoms with E-state index in [1.807, 2.05) is 52.9 Å². The van der Waals surface area contributed by atoms with Crippen molar-refractivity contribution in [3.8, 4) is 0 Å². The number of rotatable bonds is 0. The first kappa shape index (κ1) is 20.4. The maximum atomic E-state index is 5.63. The van der Waals surface area contributed by atoms with Crippen LogP contribution < -0.4 is 5.73 Å². The second kappa shape index (κ2) is 11.0. The Morgan fingerprint density at radius 2 is 1.73 bits per heavy atom. The van der Waals surface area contributed by atoms with Gasteiger partial charge in [-0.1, -0.05) is 40.0 Å². The van der Waals surface area contributed by atoms with E-state index in [2.05, 4.69) is 22.1 Å². The highest BCUT2D eigenvalue weighted by Crippen LogP contribution is 2.24. The standard InChI is InChI=1S/C7H8N4.C5H10.C3H9N.C2H6/c1-4-6-5(11-10-4)2-3-9-7(6)8;1-5-3-2-4-5;1-4(2)3;1-2/h2-3H,1H3,(H2,8,9)(H,10,11);5H,2-4H2,1H3;1-3H3;1-2H3. The molecule has 2 aromatic rings. The van der Waals surface area contributed by atoms with Crippen LogP contribution in [0.4, 0.5) is 5.82 Å². The second-order valence-electron chi connectivity index (χ2n) is 5.82. The zero-order valence-electron chi connectivity index (χ0n) is 15.3. The van der Waals surface area contributed by atoms with E-state index in [0.717, 1.165) is 22.5 Å². The summed E-state index contributed by atoms with van der Waals surface area (Å²) in [5.74, 6) is 1.60. The number of nitrogens with zero attached hydrogens (tertiary/aromatic N) is 3. The molecule has 0 saturated heterocycles. The lowest BCUT2D eigenvalue weighted by molar-refractivity contribution is 0.346. The Hall–Kier alpha value is -1.62. The lowest BCUT2D eigenvalue weighted by atomic mass is 9.88. The fraction of sp³-hybridized carbons (Fsp3) is 0.647. The SMILES string of the molecule is CC.CC1CCC1.CN(C)C.Cc1[nH]nc2ccnc(N)c12. The summed E-state index contributed by atoms with van der Waals surface area (Å²) in [7, 11) is 6.00. The molecule has 22 heavy (non-hydrogen) atoms. The van der Waals surface area contributed by atoms with Crippen molar-refractivity contribution in [1.82, 2.24) is 20.1 Å². The normalized spacial score (nSPS) is 13.1. The summed E-state index contributed by atoms with van der Waals surface area (Å²) in [4.78, 5) is 5.96. The van der Waals surface area contributed by atoms with Crippen molar-refractivity contribution < 1.29 is 0 Å². The fourth-order valence-corrected chi connectivity index (χ4v) is 1.76. The number of aromatic amines is 1. The molecule has 0 unspecified atom stereocenters. The molecule has 5 nitrogen and oxygen atoms in total. The molecule has 1 fully saturated rings. The van der Waals surface area contributed by atoms with Gasteiger partial charge in [0, 0.05) is 11.9 Å². The summed E-state index contributed by atoms with van der Waals surface area (Å²) in [6.07, 6.45) is 6.11. The predicted molar refractivity (Wildman–Crippen MR) is 97.0 cm³/mol. The molecular formula is C17H33N5. The Morgan fingerprint density at radius 3 is 2.09 bits per heavy atom. The molecule has 126 valence electrons. The van der Waals surface area contributed by atoms with Crippen LogP contribution >= 0.6 is 0 Å². The molecule has 1 saturated carbocycles. The van der Waals surface area contributed by atoms with Gasteiger partial charge in [-0.3, -0.25) is 5.10 Å². The van der Waals surface area contributed by atoms with Crippen LogP contribution in [0.15, 0.2) is 12.3 Å². The molecule has 2 heterocycles. The molecule has 0 radical (unpaired) electrons. The first-order chi connectivity index (χ1) is 10.4. The molecule has 0 aromatic carbocycles. The fourth-order valence-electron chi connectivity index (χ4n) is 1.76. The maximum Gasteiger partial charge on any atom is 0.134 e. The summed E-state index contributed by atoms with van der Waals surface area (Å²) in [5, 5.41) is 7.81. The first-order valence-corrected chi connectivity index (χ1v) is 8.08. The van der Waals surface area contributed by atoms with Gasteiger partial charge in [0.25, 0.3) is 0 Å². The molecule has 0 bridgehead atoms. The zero-order chi connectivity index (χ0) is 17.1. The Labute approximate surface area is 135 Å². The number of hydrogen-bond acceptors (Lipinski definition) is 4. The lowest BCUT2D eigenvalue weighted by Gasteiger charge is -2.18. The van der Waals surface area contributed by atoms with E-state index < -0.39 is 0 Å². The summed E-state index contributed by atoms with van der Waals surface area (Å²) < 4.78 is 0. The number of pyridine rings is 1. The van der Waals surface area contributed by atoms with Crippen LogP contribution in [0.25, 0.3) is 10.9 Å². The predicted octanol–water partition coefficient (Wildman–Crippen LogP) is 3.86. The van der Waals surface area contributed by atoms with Gasteiger partial charge in [-0.2, -0.15) is 5.10 Å². The Balaban J connectivity index is 0.000000336. The van der Waals surface area contributed by atoms with Gasteiger partial charge in [0.05, 0.1) is 10.9 Å². The average Bonchev–Trinajstić information content (AvgIpc) is 2.82. The van der Waals surface area contributed by atoms with Gasteiger partial charge in [0.15, 0.2) is 0 Å². The largest absolute Gasteiger partial charge is 0.383 e. The van der Waals surface area contributed by atoms with Crippen molar-refractivity contribution in [2.45, 2.75) is 47.0 Å². The molecule has 0 atom stereocenters. The van der Waals surface area contributed by atoms with E-state index >= 15 is 0 Å². The van der Waals surface area contributed by atoms with Crippen LogP contribution in [0.1, 0.15) is 45.7 Å². The molecule has 1 aliphatic carbocycles. The highest BCUT2D eigenvalue weighted by Gasteiger charge is 2.09. The van der Waals surface area contributed by atoms with E-state index in [1.54, 1.807) is 6.20 Å². The highest BCUT2D eigenvalue weighted by molar-refractivity contribution is 5.89. The zero-order valence-corrected chi connectivity index (χ0v) is 15.3. The number of fused-ring (bicyclic) bond motifs is 1. The molecule has 3 rings (SSSR count). The van der Waals surface area contributed by atoms with E-state index in [-0.39, 0.29) is 0 Å². The number of anilines is 1. The average molecular weight is 307 g/mol. The lowest BCUT2D eigenvalue weighted by Crippen LogP contribution is -2.04. The van der Waals surface area contributed by atoms with Gasteiger partial charge < -0.3 is 10.6 Å². The smallest absolute Gasteiger partial charge is 0.134 e. The van der Waals surface area contributed by atoms with Gasteiger partial charge in [-0.05, 0) is 40.1 Å². The van der Waals surface area contributed by atoms with Gasteiger partial charge >= 0.3 is 0 Å². The van der Waals surface area contributed by atoms with Crippen LogP contribution in [0.2, 0.25) is 0 Å². The molecule has 0 aliphatic heterocycles. The second-order valence-corrected chi connectivity index (χ2v) is 5.82. The number of nitrogens with one attached hydrogen (secondary N) is 1. The molecule has 0 spiro atoms.